The first kappa shape index (κ1) is 14.8. The van der Waals surface area contributed by atoms with Crippen molar-refractivity contribution in [3.8, 4) is 5.69 Å². The molecule has 2 aliphatic rings. The van der Waals surface area contributed by atoms with Crippen LogP contribution >= 0.6 is 11.8 Å². The van der Waals surface area contributed by atoms with Gasteiger partial charge in [0.2, 0.25) is 11.1 Å². The molecule has 2 aliphatic carbocycles. The summed E-state index contributed by atoms with van der Waals surface area (Å²) in [6, 6.07) is 10.1. The zero-order valence-electron chi connectivity index (χ0n) is 12.9. The summed E-state index contributed by atoms with van der Waals surface area (Å²) in [5, 5.41) is 8.28. The molecule has 0 spiro atoms. The highest BCUT2D eigenvalue weighted by Crippen LogP contribution is 2.40. The van der Waals surface area contributed by atoms with Crippen molar-refractivity contribution in [1.29, 1.82) is 0 Å². The van der Waals surface area contributed by atoms with Crippen LogP contribution in [0.2, 0.25) is 0 Å². The summed E-state index contributed by atoms with van der Waals surface area (Å²) in [7, 11) is 0. The smallest absolute Gasteiger partial charge is 0.230 e. The maximum absolute atomic E-state index is 11.9. The number of hydrogen-bond donors (Lipinski definition) is 1. The second-order valence-electron chi connectivity index (χ2n) is 6.31. The topological polar surface area (TPSA) is 59.8 Å². The van der Waals surface area contributed by atoms with Crippen molar-refractivity contribution in [3.63, 3.8) is 0 Å². The molecule has 1 aromatic carbocycles. The summed E-state index contributed by atoms with van der Waals surface area (Å²) in [6.07, 6.45) is 4.86. The van der Waals surface area contributed by atoms with Crippen LogP contribution in [0, 0.1) is 5.92 Å². The van der Waals surface area contributed by atoms with Crippen LogP contribution < -0.4 is 5.32 Å². The van der Waals surface area contributed by atoms with Crippen molar-refractivity contribution < 1.29 is 4.79 Å². The summed E-state index contributed by atoms with van der Waals surface area (Å²) in [5.41, 5.74) is 1.03. The third-order valence-corrected chi connectivity index (χ3v) is 5.01. The lowest BCUT2D eigenvalue weighted by Gasteiger charge is -2.03. The third-order valence-electron chi connectivity index (χ3n) is 4.17. The molecule has 0 unspecified atom stereocenters. The molecule has 4 rings (SSSR count). The van der Waals surface area contributed by atoms with Gasteiger partial charge in [0.15, 0.2) is 0 Å². The Kier molecular flexibility index (Phi) is 4.08. The van der Waals surface area contributed by atoms with E-state index in [4.69, 9.17) is 0 Å². The van der Waals surface area contributed by atoms with Crippen molar-refractivity contribution in [2.24, 2.45) is 5.92 Å². The Labute approximate surface area is 139 Å². The minimum absolute atomic E-state index is 0.0749. The molecule has 23 heavy (non-hydrogen) atoms. The van der Waals surface area contributed by atoms with E-state index in [2.05, 4.69) is 15.4 Å². The van der Waals surface area contributed by atoms with Crippen LogP contribution in [0.3, 0.4) is 0 Å². The number of thioether (sulfide) groups is 1. The van der Waals surface area contributed by atoms with Crippen LogP contribution in [0.15, 0.2) is 35.5 Å². The van der Waals surface area contributed by atoms with Crippen molar-refractivity contribution in [2.75, 3.05) is 12.3 Å². The largest absolute Gasteiger partial charge is 0.355 e. The summed E-state index contributed by atoms with van der Waals surface area (Å²) < 4.78 is 1.93. The Morgan fingerprint density at radius 1 is 1.22 bits per heavy atom. The number of nitrogens with zero attached hydrogens (tertiary/aromatic N) is 3. The highest BCUT2D eigenvalue weighted by Gasteiger charge is 2.30. The summed E-state index contributed by atoms with van der Waals surface area (Å²) in [6.45, 7) is 0.818. The van der Waals surface area contributed by atoms with E-state index in [1.54, 1.807) is 0 Å². The van der Waals surface area contributed by atoms with E-state index >= 15 is 0 Å². The van der Waals surface area contributed by atoms with Gasteiger partial charge in [0.25, 0.3) is 0 Å². The van der Waals surface area contributed by atoms with E-state index in [0.29, 0.717) is 22.7 Å². The molecular weight excluding hydrogens is 308 g/mol. The van der Waals surface area contributed by atoms with E-state index in [9.17, 15) is 4.79 Å². The van der Waals surface area contributed by atoms with Gasteiger partial charge in [-0.15, -0.1) is 5.10 Å². The van der Waals surface area contributed by atoms with Crippen LogP contribution in [-0.2, 0) is 4.79 Å². The first-order valence-electron chi connectivity index (χ1n) is 8.21. The summed E-state index contributed by atoms with van der Waals surface area (Å²) in [4.78, 5) is 16.5. The Balaban J connectivity index is 1.43. The van der Waals surface area contributed by atoms with Gasteiger partial charge in [-0.2, -0.15) is 0 Å². The SMILES string of the molecule is O=C(CSc1nc(C2CC2)n(-c2ccccc2)n1)NCC1CC1. The monoisotopic (exact) mass is 328 g/mol. The Bertz CT molecular complexity index is 692. The average molecular weight is 328 g/mol. The fourth-order valence-electron chi connectivity index (χ4n) is 2.49. The van der Waals surface area contributed by atoms with Crippen molar-refractivity contribution in [2.45, 2.75) is 36.8 Å². The standard InChI is InChI=1S/C17H20N4OS/c22-15(18-10-12-6-7-12)11-23-17-19-16(13-8-9-13)21(20-17)14-4-2-1-3-5-14/h1-5,12-13H,6-11H2,(H,18,22). The Morgan fingerprint density at radius 2 is 2.00 bits per heavy atom. The molecule has 6 heteroatoms. The molecule has 0 saturated heterocycles. The number of para-hydroxylation sites is 1. The van der Waals surface area contributed by atoms with E-state index in [1.807, 2.05) is 35.0 Å². The molecule has 1 amide bonds. The van der Waals surface area contributed by atoms with Gasteiger partial charge in [-0.25, -0.2) is 9.67 Å². The molecule has 1 N–H and O–H groups in total. The normalized spacial score (nSPS) is 17.2. The molecule has 0 radical (unpaired) electrons. The van der Waals surface area contributed by atoms with E-state index in [0.717, 1.165) is 18.1 Å². The molecule has 2 saturated carbocycles. The third kappa shape index (κ3) is 3.75. The molecule has 2 fully saturated rings. The molecule has 5 nitrogen and oxygen atoms in total. The lowest BCUT2D eigenvalue weighted by Crippen LogP contribution is -2.27. The van der Waals surface area contributed by atoms with Crippen LogP contribution in [0.25, 0.3) is 5.69 Å². The quantitative estimate of drug-likeness (QED) is 0.794. The van der Waals surface area contributed by atoms with Gasteiger partial charge in [-0.05, 0) is 43.7 Å². The molecule has 120 valence electrons. The van der Waals surface area contributed by atoms with Gasteiger partial charge in [0.05, 0.1) is 11.4 Å². The van der Waals surface area contributed by atoms with Gasteiger partial charge < -0.3 is 5.32 Å². The fourth-order valence-corrected chi connectivity index (χ4v) is 3.15. The van der Waals surface area contributed by atoms with Crippen molar-refractivity contribution in [1.82, 2.24) is 20.1 Å². The maximum atomic E-state index is 11.9. The minimum Gasteiger partial charge on any atom is -0.355 e. The minimum atomic E-state index is 0.0749. The van der Waals surface area contributed by atoms with Crippen LogP contribution in [-0.4, -0.2) is 33.0 Å². The number of benzene rings is 1. The number of amides is 1. The van der Waals surface area contributed by atoms with Crippen molar-refractivity contribution >= 4 is 17.7 Å². The van der Waals surface area contributed by atoms with E-state index in [1.165, 1.54) is 37.4 Å². The molecular formula is C17H20N4OS. The van der Waals surface area contributed by atoms with E-state index < -0.39 is 0 Å². The summed E-state index contributed by atoms with van der Waals surface area (Å²) >= 11 is 1.42. The van der Waals surface area contributed by atoms with E-state index in [-0.39, 0.29) is 5.91 Å². The fraction of sp³-hybridized carbons (Fsp3) is 0.471. The van der Waals surface area contributed by atoms with Gasteiger partial charge in [0.1, 0.15) is 5.82 Å². The van der Waals surface area contributed by atoms with Gasteiger partial charge in [-0.1, -0.05) is 30.0 Å². The van der Waals surface area contributed by atoms with Crippen LogP contribution in [0.4, 0.5) is 0 Å². The average Bonchev–Trinajstić information content (AvgIpc) is 3.50. The van der Waals surface area contributed by atoms with Gasteiger partial charge in [-0.3, -0.25) is 4.79 Å². The maximum Gasteiger partial charge on any atom is 0.230 e. The zero-order valence-corrected chi connectivity index (χ0v) is 13.8. The number of carbonyl (C=O) groups is 1. The molecule has 1 heterocycles. The Hall–Kier alpha value is -1.82. The zero-order chi connectivity index (χ0) is 15.6. The molecule has 1 aromatic heterocycles. The second kappa shape index (κ2) is 6.35. The van der Waals surface area contributed by atoms with Crippen LogP contribution in [0.5, 0.6) is 0 Å². The molecule has 2 aromatic rings. The van der Waals surface area contributed by atoms with Gasteiger partial charge in [0, 0.05) is 12.5 Å². The number of nitrogens with one attached hydrogen (secondary N) is 1. The first-order chi connectivity index (χ1) is 11.3. The molecule has 0 atom stereocenters. The second-order valence-corrected chi connectivity index (χ2v) is 7.25. The highest BCUT2D eigenvalue weighted by molar-refractivity contribution is 7.99. The van der Waals surface area contributed by atoms with Crippen LogP contribution in [0.1, 0.15) is 37.4 Å². The van der Waals surface area contributed by atoms with Crippen molar-refractivity contribution in [3.05, 3.63) is 36.2 Å². The lowest BCUT2D eigenvalue weighted by molar-refractivity contribution is -0.118. The number of aromatic nitrogens is 3. The predicted octanol–water partition coefficient (Wildman–Crippen LogP) is 2.76. The predicted molar refractivity (Wildman–Crippen MR) is 89.8 cm³/mol. The number of hydrogen-bond acceptors (Lipinski definition) is 4. The van der Waals surface area contributed by atoms with Gasteiger partial charge >= 0.3 is 0 Å². The summed E-state index contributed by atoms with van der Waals surface area (Å²) in [5.74, 6) is 2.71. The highest BCUT2D eigenvalue weighted by atomic mass is 32.2. The first-order valence-corrected chi connectivity index (χ1v) is 9.20. The Morgan fingerprint density at radius 3 is 2.70 bits per heavy atom. The lowest BCUT2D eigenvalue weighted by atomic mass is 10.3. The molecule has 0 bridgehead atoms. The number of carbonyl (C=O) groups excluding carboxylic acids is 1. The number of rotatable bonds is 7. The molecule has 0 aliphatic heterocycles.